The Balaban J connectivity index is 1.69. The lowest BCUT2D eigenvalue weighted by Crippen LogP contribution is -2.03. The molecule has 2 aromatic carbocycles. The summed E-state index contributed by atoms with van der Waals surface area (Å²) >= 11 is 8.27. The number of esters is 1. The SMILES string of the molecule is CC(=O)Oc1c(Br)cc(C=NNc2nc(-c3ccccc3)cs2)cc1Br. The van der Waals surface area contributed by atoms with Gasteiger partial charge in [0.15, 0.2) is 5.75 Å². The van der Waals surface area contributed by atoms with Gasteiger partial charge in [-0.2, -0.15) is 5.10 Å². The van der Waals surface area contributed by atoms with E-state index in [0.717, 1.165) is 16.8 Å². The maximum atomic E-state index is 11.1. The quantitative estimate of drug-likeness (QED) is 0.213. The van der Waals surface area contributed by atoms with Crippen molar-refractivity contribution in [1.82, 2.24) is 4.98 Å². The first-order valence-corrected chi connectivity index (χ1v) is 9.97. The number of hydrazone groups is 1. The minimum absolute atomic E-state index is 0.382. The second-order valence-electron chi connectivity index (χ2n) is 5.18. The summed E-state index contributed by atoms with van der Waals surface area (Å²) in [4.78, 5) is 15.6. The Morgan fingerprint density at radius 1 is 1.23 bits per heavy atom. The van der Waals surface area contributed by atoms with Crippen LogP contribution in [0.2, 0.25) is 0 Å². The average molecular weight is 495 g/mol. The van der Waals surface area contributed by atoms with Gasteiger partial charge in [0.25, 0.3) is 0 Å². The molecule has 3 aromatic rings. The number of anilines is 1. The normalized spacial score (nSPS) is 10.9. The van der Waals surface area contributed by atoms with Gasteiger partial charge in [-0.3, -0.25) is 10.2 Å². The Morgan fingerprint density at radius 2 is 1.92 bits per heavy atom. The zero-order valence-electron chi connectivity index (χ0n) is 13.6. The minimum Gasteiger partial charge on any atom is -0.424 e. The fraction of sp³-hybridized carbons (Fsp3) is 0.0556. The van der Waals surface area contributed by atoms with Crippen LogP contribution < -0.4 is 10.2 Å². The van der Waals surface area contributed by atoms with Crippen molar-refractivity contribution in [3.63, 3.8) is 0 Å². The summed E-state index contributed by atoms with van der Waals surface area (Å²) in [6, 6.07) is 13.6. The van der Waals surface area contributed by atoms with E-state index in [1.165, 1.54) is 18.3 Å². The maximum absolute atomic E-state index is 11.1. The van der Waals surface area contributed by atoms with Gasteiger partial charge in [-0.05, 0) is 49.6 Å². The summed E-state index contributed by atoms with van der Waals surface area (Å²) < 4.78 is 6.46. The number of aromatic nitrogens is 1. The number of benzene rings is 2. The lowest BCUT2D eigenvalue weighted by molar-refractivity contribution is -0.131. The summed E-state index contributed by atoms with van der Waals surface area (Å²) in [5, 5.41) is 6.90. The van der Waals surface area contributed by atoms with Crippen LogP contribution in [0.25, 0.3) is 11.3 Å². The van der Waals surface area contributed by atoms with Gasteiger partial charge in [-0.25, -0.2) is 4.98 Å². The van der Waals surface area contributed by atoms with Crippen LogP contribution in [0.5, 0.6) is 5.75 Å². The second-order valence-corrected chi connectivity index (χ2v) is 7.75. The van der Waals surface area contributed by atoms with Gasteiger partial charge in [0.05, 0.1) is 20.9 Å². The Bertz CT molecular complexity index is 935. The molecule has 0 amide bonds. The highest BCUT2D eigenvalue weighted by atomic mass is 79.9. The molecule has 1 N–H and O–H groups in total. The van der Waals surface area contributed by atoms with Crippen molar-refractivity contribution in [2.75, 3.05) is 5.43 Å². The van der Waals surface area contributed by atoms with Crippen molar-refractivity contribution < 1.29 is 9.53 Å². The van der Waals surface area contributed by atoms with E-state index >= 15 is 0 Å². The zero-order valence-corrected chi connectivity index (χ0v) is 17.6. The van der Waals surface area contributed by atoms with E-state index in [0.29, 0.717) is 19.8 Å². The van der Waals surface area contributed by atoms with Gasteiger partial charge in [-0.15, -0.1) is 11.3 Å². The molecule has 0 unspecified atom stereocenters. The van der Waals surface area contributed by atoms with Gasteiger partial charge in [0, 0.05) is 17.9 Å². The zero-order chi connectivity index (χ0) is 18.5. The molecule has 1 heterocycles. The number of hydrogen-bond acceptors (Lipinski definition) is 6. The summed E-state index contributed by atoms with van der Waals surface area (Å²) in [6.07, 6.45) is 1.66. The first-order chi connectivity index (χ1) is 12.5. The van der Waals surface area contributed by atoms with Gasteiger partial charge in [0.2, 0.25) is 5.13 Å². The highest BCUT2D eigenvalue weighted by Gasteiger charge is 2.10. The molecule has 26 heavy (non-hydrogen) atoms. The van der Waals surface area contributed by atoms with Crippen molar-refractivity contribution in [2.45, 2.75) is 6.92 Å². The fourth-order valence-corrected chi connectivity index (χ4v) is 4.18. The fourth-order valence-electron chi connectivity index (χ4n) is 2.12. The number of nitrogens with one attached hydrogen (secondary N) is 1. The van der Waals surface area contributed by atoms with Gasteiger partial charge < -0.3 is 4.74 Å². The molecule has 0 saturated heterocycles. The lowest BCUT2D eigenvalue weighted by atomic mass is 10.2. The lowest BCUT2D eigenvalue weighted by Gasteiger charge is -2.07. The number of halogens is 2. The van der Waals surface area contributed by atoms with E-state index in [1.807, 2.05) is 47.8 Å². The van der Waals surface area contributed by atoms with Crippen molar-refractivity contribution >= 4 is 60.5 Å². The standard InChI is InChI=1S/C18H13Br2N3O2S/c1-11(24)25-17-14(19)7-12(8-15(17)20)9-21-23-18-22-16(10-26-18)13-5-3-2-4-6-13/h2-10H,1H3,(H,22,23). The Morgan fingerprint density at radius 3 is 2.58 bits per heavy atom. The van der Waals surface area contributed by atoms with Crippen LogP contribution in [0.15, 0.2) is 61.9 Å². The number of thiazole rings is 1. The van der Waals surface area contributed by atoms with Crippen molar-refractivity contribution in [1.29, 1.82) is 0 Å². The Kier molecular flexibility index (Phi) is 6.18. The summed E-state index contributed by atoms with van der Waals surface area (Å²) in [7, 11) is 0. The number of rotatable bonds is 5. The first kappa shape index (κ1) is 18.8. The van der Waals surface area contributed by atoms with E-state index in [9.17, 15) is 4.79 Å². The summed E-state index contributed by atoms with van der Waals surface area (Å²) in [5.74, 6) is 0.0579. The second kappa shape index (κ2) is 8.57. The molecule has 3 rings (SSSR count). The van der Waals surface area contributed by atoms with E-state index < -0.39 is 0 Å². The number of ether oxygens (including phenoxy) is 1. The Hall–Kier alpha value is -2.03. The highest BCUT2D eigenvalue weighted by Crippen LogP contribution is 2.34. The molecule has 0 radical (unpaired) electrons. The molecule has 0 spiro atoms. The van der Waals surface area contributed by atoms with Gasteiger partial charge >= 0.3 is 5.97 Å². The molecule has 0 aliphatic rings. The first-order valence-electron chi connectivity index (χ1n) is 7.50. The largest absolute Gasteiger partial charge is 0.424 e. The molecular formula is C18H13Br2N3O2S. The molecule has 5 nitrogen and oxygen atoms in total. The topological polar surface area (TPSA) is 63.6 Å². The highest BCUT2D eigenvalue weighted by molar-refractivity contribution is 9.11. The van der Waals surface area contributed by atoms with Gasteiger partial charge in [-0.1, -0.05) is 30.3 Å². The summed E-state index contributed by atoms with van der Waals surface area (Å²) in [5.41, 5.74) is 5.73. The van der Waals surface area contributed by atoms with Crippen molar-refractivity contribution in [3.05, 3.63) is 62.4 Å². The molecule has 0 saturated carbocycles. The van der Waals surface area contributed by atoms with Crippen LogP contribution >= 0.6 is 43.2 Å². The van der Waals surface area contributed by atoms with E-state index in [2.05, 4.69) is 47.4 Å². The van der Waals surface area contributed by atoms with Crippen LogP contribution in [0.3, 0.4) is 0 Å². The van der Waals surface area contributed by atoms with Crippen molar-refractivity contribution in [3.8, 4) is 17.0 Å². The van der Waals surface area contributed by atoms with E-state index in [1.54, 1.807) is 6.21 Å². The molecule has 0 aliphatic carbocycles. The third kappa shape index (κ3) is 4.78. The molecule has 0 atom stereocenters. The molecular weight excluding hydrogens is 482 g/mol. The Labute approximate surface area is 171 Å². The molecule has 0 aliphatic heterocycles. The predicted octanol–water partition coefficient (Wildman–Crippen LogP) is 5.71. The minimum atomic E-state index is -0.382. The van der Waals surface area contributed by atoms with E-state index in [4.69, 9.17) is 4.74 Å². The smallest absolute Gasteiger partial charge is 0.308 e. The predicted molar refractivity (Wildman–Crippen MR) is 112 cm³/mol. The third-order valence-corrected chi connectivity index (χ3v) is 5.14. The number of hydrogen-bond donors (Lipinski definition) is 1. The van der Waals surface area contributed by atoms with Gasteiger partial charge in [0.1, 0.15) is 0 Å². The van der Waals surface area contributed by atoms with E-state index in [-0.39, 0.29) is 5.97 Å². The van der Waals surface area contributed by atoms with Crippen molar-refractivity contribution in [2.24, 2.45) is 5.10 Å². The monoisotopic (exact) mass is 493 g/mol. The van der Waals surface area contributed by atoms with Crippen LogP contribution in [0.4, 0.5) is 5.13 Å². The van der Waals surface area contributed by atoms with Crippen LogP contribution in [0.1, 0.15) is 12.5 Å². The van der Waals surface area contributed by atoms with Crippen LogP contribution in [-0.2, 0) is 4.79 Å². The molecule has 8 heteroatoms. The maximum Gasteiger partial charge on any atom is 0.308 e. The molecule has 132 valence electrons. The average Bonchev–Trinajstić information content (AvgIpc) is 3.08. The summed E-state index contributed by atoms with van der Waals surface area (Å²) in [6.45, 7) is 1.36. The molecule has 0 bridgehead atoms. The third-order valence-electron chi connectivity index (χ3n) is 3.21. The van der Waals surface area contributed by atoms with Crippen LogP contribution in [0, 0.1) is 0 Å². The number of carbonyl (C=O) groups is 1. The number of carbonyl (C=O) groups excluding carboxylic acids is 1. The number of nitrogens with zero attached hydrogens (tertiary/aromatic N) is 2. The van der Waals surface area contributed by atoms with Crippen LogP contribution in [-0.4, -0.2) is 17.2 Å². The molecule has 1 aromatic heterocycles. The molecule has 0 fully saturated rings.